The maximum absolute atomic E-state index is 3.65. The Morgan fingerprint density at radius 3 is 2.71 bits per heavy atom. The van der Waals surface area contributed by atoms with E-state index in [1.165, 1.54) is 18.4 Å². The number of nitrogens with one attached hydrogen (secondary N) is 1. The summed E-state index contributed by atoms with van der Waals surface area (Å²) in [6.45, 7) is 4.50. The summed E-state index contributed by atoms with van der Waals surface area (Å²) in [5.74, 6) is 0.769. The second-order valence-corrected chi connectivity index (χ2v) is 4.34. The Morgan fingerprint density at radius 2 is 2.07 bits per heavy atom. The van der Waals surface area contributed by atoms with Gasteiger partial charge in [-0.2, -0.15) is 0 Å². The minimum atomic E-state index is 0.661. The second kappa shape index (κ2) is 4.14. The molecule has 2 rings (SSSR count). The standard InChI is InChI=1S/C13H19N/c1-3-10(2)14-13-9-12(13)11-7-5-4-6-8-11/h4-8,10,12-14H,3,9H2,1-2H3. The van der Waals surface area contributed by atoms with E-state index in [-0.39, 0.29) is 0 Å². The molecule has 0 heterocycles. The Kier molecular flexibility index (Phi) is 2.87. The maximum atomic E-state index is 3.65. The van der Waals surface area contributed by atoms with Gasteiger partial charge in [0, 0.05) is 18.0 Å². The SMILES string of the molecule is CCC(C)NC1CC1c1ccccc1. The Morgan fingerprint density at radius 1 is 1.36 bits per heavy atom. The van der Waals surface area contributed by atoms with Crippen LogP contribution in [0.5, 0.6) is 0 Å². The predicted molar refractivity (Wildman–Crippen MR) is 60.5 cm³/mol. The summed E-state index contributed by atoms with van der Waals surface area (Å²) in [7, 11) is 0. The van der Waals surface area contributed by atoms with E-state index in [2.05, 4.69) is 49.5 Å². The molecule has 1 heteroatoms. The summed E-state index contributed by atoms with van der Waals surface area (Å²) in [4.78, 5) is 0. The molecule has 0 aliphatic heterocycles. The molecule has 1 aliphatic carbocycles. The molecule has 1 fully saturated rings. The number of benzene rings is 1. The summed E-state index contributed by atoms with van der Waals surface area (Å²) >= 11 is 0. The summed E-state index contributed by atoms with van der Waals surface area (Å²) in [6.07, 6.45) is 2.53. The molecular weight excluding hydrogens is 170 g/mol. The molecule has 1 nitrogen and oxygen atoms in total. The Bertz CT molecular complexity index is 281. The van der Waals surface area contributed by atoms with Crippen molar-refractivity contribution in [2.24, 2.45) is 0 Å². The normalized spacial score (nSPS) is 27.3. The number of hydrogen-bond acceptors (Lipinski definition) is 1. The molecule has 1 aromatic carbocycles. The predicted octanol–water partition coefficient (Wildman–Crippen LogP) is 2.93. The molecule has 0 amide bonds. The van der Waals surface area contributed by atoms with E-state index in [0.717, 1.165) is 12.0 Å². The van der Waals surface area contributed by atoms with Gasteiger partial charge in [0.15, 0.2) is 0 Å². The van der Waals surface area contributed by atoms with Crippen molar-refractivity contribution in [1.29, 1.82) is 0 Å². The fourth-order valence-corrected chi connectivity index (χ4v) is 1.93. The highest BCUT2D eigenvalue weighted by atomic mass is 15.0. The van der Waals surface area contributed by atoms with Gasteiger partial charge >= 0.3 is 0 Å². The molecule has 0 radical (unpaired) electrons. The lowest BCUT2D eigenvalue weighted by Crippen LogP contribution is -2.28. The molecule has 1 aromatic rings. The van der Waals surface area contributed by atoms with E-state index in [4.69, 9.17) is 0 Å². The topological polar surface area (TPSA) is 12.0 Å². The minimum Gasteiger partial charge on any atom is -0.311 e. The van der Waals surface area contributed by atoms with Crippen LogP contribution in [0.25, 0.3) is 0 Å². The third kappa shape index (κ3) is 2.16. The molecule has 0 bridgehead atoms. The lowest BCUT2D eigenvalue weighted by Gasteiger charge is -2.10. The molecular formula is C13H19N. The van der Waals surface area contributed by atoms with E-state index in [1.54, 1.807) is 0 Å². The van der Waals surface area contributed by atoms with Crippen LogP contribution in [0.4, 0.5) is 0 Å². The van der Waals surface area contributed by atoms with Crippen molar-refractivity contribution in [2.75, 3.05) is 0 Å². The molecule has 0 saturated heterocycles. The van der Waals surface area contributed by atoms with E-state index < -0.39 is 0 Å². The fraction of sp³-hybridized carbons (Fsp3) is 0.538. The molecule has 1 saturated carbocycles. The zero-order chi connectivity index (χ0) is 9.97. The highest BCUT2D eigenvalue weighted by Crippen LogP contribution is 2.40. The van der Waals surface area contributed by atoms with E-state index in [1.807, 2.05) is 0 Å². The summed E-state index contributed by atoms with van der Waals surface area (Å²) in [6, 6.07) is 12.2. The van der Waals surface area contributed by atoms with Crippen LogP contribution in [0.1, 0.15) is 38.2 Å². The fourth-order valence-electron chi connectivity index (χ4n) is 1.93. The van der Waals surface area contributed by atoms with Gasteiger partial charge in [0.05, 0.1) is 0 Å². The lowest BCUT2D eigenvalue weighted by molar-refractivity contribution is 0.525. The van der Waals surface area contributed by atoms with E-state index in [0.29, 0.717) is 6.04 Å². The van der Waals surface area contributed by atoms with Gasteiger partial charge in [-0.05, 0) is 25.3 Å². The first-order chi connectivity index (χ1) is 6.81. The molecule has 3 unspecified atom stereocenters. The van der Waals surface area contributed by atoms with Gasteiger partial charge in [-0.3, -0.25) is 0 Å². The maximum Gasteiger partial charge on any atom is 0.0145 e. The van der Waals surface area contributed by atoms with Crippen molar-refractivity contribution < 1.29 is 0 Å². The van der Waals surface area contributed by atoms with Gasteiger partial charge in [-0.25, -0.2) is 0 Å². The van der Waals surface area contributed by atoms with Crippen molar-refractivity contribution in [2.45, 2.75) is 44.7 Å². The van der Waals surface area contributed by atoms with Gasteiger partial charge in [-0.15, -0.1) is 0 Å². The van der Waals surface area contributed by atoms with Gasteiger partial charge in [-0.1, -0.05) is 37.3 Å². The highest BCUT2D eigenvalue weighted by molar-refractivity contribution is 5.27. The highest BCUT2D eigenvalue weighted by Gasteiger charge is 2.38. The van der Waals surface area contributed by atoms with Crippen molar-refractivity contribution in [3.8, 4) is 0 Å². The van der Waals surface area contributed by atoms with Crippen molar-refractivity contribution in [1.82, 2.24) is 5.32 Å². The van der Waals surface area contributed by atoms with Gasteiger partial charge in [0.2, 0.25) is 0 Å². The summed E-state index contributed by atoms with van der Waals surface area (Å²) in [5.41, 5.74) is 1.49. The van der Waals surface area contributed by atoms with Gasteiger partial charge in [0.25, 0.3) is 0 Å². The van der Waals surface area contributed by atoms with Crippen LogP contribution in [-0.4, -0.2) is 12.1 Å². The summed E-state index contributed by atoms with van der Waals surface area (Å²) in [5, 5.41) is 3.65. The third-order valence-electron chi connectivity index (χ3n) is 3.13. The Balaban J connectivity index is 1.87. The lowest BCUT2D eigenvalue weighted by atomic mass is 10.1. The first kappa shape index (κ1) is 9.72. The second-order valence-electron chi connectivity index (χ2n) is 4.34. The first-order valence-electron chi connectivity index (χ1n) is 5.62. The van der Waals surface area contributed by atoms with Crippen LogP contribution < -0.4 is 5.32 Å². The minimum absolute atomic E-state index is 0.661. The van der Waals surface area contributed by atoms with Crippen LogP contribution >= 0.6 is 0 Å². The van der Waals surface area contributed by atoms with Crippen LogP contribution in [0.2, 0.25) is 0 Å². The molecule has 0 spiro atoms. The number of rotatable bonds is 4. The molecule has 14 heavy (non-hydrogen) atoms. The van der Waals surface area contributed by atoms with Crippen LogP contribution in [0.3, 0.4) is 0 Å². The largest absolute Gasteiger partial charge is 0.311 e. The summed E-state index contributed by atoms with van der Waals surface area (Å²) < 4.78 is 0. The molecule has 76 valence electrons. The van der Waals surface area contributed by atoms with Crippen molar-refractivity contribution in [3.05, 3.63) is 35.9 Å². The average molecular weight is 189 g/mol. The van der Waals surface area contributed by atoms with Crippen molar-refractivity contribution >= 4 is 0 Å². The molecule has 1 N–H and O–H groups in total. The van der Waals surface area contributed by atoms with Crippen molar-refractivity contribution in [3.63, 3.8) is 0 Å². The number of hydrogen-bond donors (Lipinski definition) is 1. The monoisotopic (exact) mass is 189 g/mol. The molecule has 1 aliphatic rings. The smallest absolute Gasteiger partial charge is 0.0145 e. The zero-order valence-electron chi connectivity index (χ0n) is 9.03. The van der Waals surface area contributed by atoms with E-state index >= 15 is 0 Å². The van der Waals surface area contributed by atoms with Crippen LogP contribution in [0.15, 0.2) is 30.3 Å². The average Bonchev–Trinajstić information content (AvgIpc) is 2.98. The van der Waals surface area contributed by atoms with Crippen LogP contribution in [-0.2, 0) is 0 Å². The Hall–Kier alpha value is -0.820. The third-order valence-corrected chi connectivity index (χ3v) is 3.13. The zero-order valence-corrected chi connectivity index (χ0v) is 9.03. The Labute approximate surface area is 86.5 Å². The quantitative estimate of drug-likeness (QED) is 0.768. The van der Waals surface area contributed by atoms with E-state index in [9.17, 15) is 0 Å². The first-order valence-corrected chi connectivity index (χ1v) is 5.62. The van der Waals surface area contributed by atoms with Gasteiger partial charge in [0.1, 0.15) is 0 Å². The molecule has 3 atom stereocenters. The van der Waals surface area contributed by atoms with Crippen LogP contribution in [0, 0.1) is 0 Å². The molecule has 0 aromatic heterocycles. The van der Waals surface area contributed by atoms with Gasteiger partial charge < -0.3 is 5.32 Å².